The van der Waals surface area contributed by atoms with Crippen molar-refractivity contribution in [2.24, 2.45) is 0 Å². The molecule has 0 fully saturated rings. The summed E-state index contributed by atoms with van der Waals surface area (Å²) in [5, 5.41) is 5.72. The van der Waals surface area contributed by atoms with Gasteiger partial charge >= 0.3 is 0 Å². The van der Waals surface area contributed by atoms with E-state index < -0.39 is 6.10 Å². The molecule has 0 aliphatic heterocycles. The van der Waals surface area contributed by atoms with Crippen LogP contribution in [0.4, 0.5) is 5.69 Å². The Labute approximate surface area is 161 Å². The Hall–Kier alpha value is -2.82. The Morgan fingerprint density at radius 2 is 1.74 bits per heavy atom. The topological polar surface area (TPSA) is 67.4 Å². The Balaban J connectivity index is 2.07. The summed E-state index contributed by atoms with van der Waals surface area (Å²) >= 11 is 0. The fourth-order valence-electron chi connectivity index (χ4n) is 2.58. The van der Waals surface area contributed by atoms with E-state index in [2.05, 4.69) is 17.6 Å². The minimum atomic E-state index is -0.635. The highest BCUT2D eigenvalue weighted by Gasteiger charge is 2.21. The molecule has 0 saturated heterocycles. The summed E-state index contributed by atoms with van der Waals surface area (Å²) in [7, 11) is 0. The third-order valence-corrected chi connectivity index (χ3v) is 4.21. The molecule has 0 spiro atoms. The van der Waals surface area contributed by atoms with E-state index in [0.717, 1.165) is 18.4 Å². The minimum Gasteiger partial charge on any atom is -0.481 e. The zero-order chi connectivity index (χ0) is 19.6. The molecule has 0 aliphatic carbocycles. The second-order valence-corrected chi connectivity index (χ2v) is 6.47. The van der Waals surface area contributed by atoms with Gasteiger partial charge < -0.3 is 15.4 Å². The molecule has 5 heteroatoms. The molecular formula is C22H28N2O3. The van der Waals surface area contributed by atoms with Crippen molar-refractivity contribution < 1.29 is 14.3 Å². The van der Waals surface area contributed by atoms with Crippen LogP contribution < -0.4 is 15.4 Å². The number of hydrogen-bond acceptors (Lipinski definition) is 3. The number of benzene rings is 2. The van der Waals surface area contributed by atoms with Crippen molar-refractivity contribution >= 4 is 17.5 Å². The summed E-state index contributed by atoms with van der Waals surface area (Å²) in [5.41, 5.74) is 2.07. The fourth-order valence-corrected chi connectivity index (χ4v) is 2.58. The molecule has 2 amide bonds. The molecular weight excluding hydrogens is 340 g/mol. The highest BCUT2D eigenvalue weighted by atomic mass is 16.5. The van der Waals surface area contributed by atoms with E-state index in [1.54, 1.807) is 24.3 Å². The number of carbonyl (C=O) groups is 2. The first kappa shape index (κ1) is 20.5. The molecule has 27 heavy (non-hydrogen) atoms. The van der Waals surface area contributed by atoms with Gasteiger partial charge in [0.25, 0.3) is 11.8 Å². The Morgan fingerprint density at radius 1 is 1.04 bits per heavy atom. The van der Waals surface area contributed by atoms with Gasteiger partial charge in [0.1, 0.15) is 5.75 Å². The molecule has 144 valence electrons. The first-order valence-corrected chi connectivity index (χ1v) is 9.46. The molecule has 0 unspecified atom stereocenters. The van der Waals surface area contributed by atoms with Crippen LogP contribution in [0, 0.1) is 6.92 Å². The molecule has 5 nitrogen and oxygen atoms in total. The van der Waals surface area contributed by atoms with E-state index >= 15 is 0 Å². The van der Waals surface area contributed by atoms with Gasteiger partial charge in [-0.05, 0) is 44.0 Å². The van der Waals surface area contributed by atoms with Gasteiger partial charge in [-0.15, -0.1) is 0 Å². The van der Waals surface area contributed by atoms with Crippen molar-refractivity contribution in [2.45, 2.75) is 46.1 Å². The van der Waals surface area contributed by atoms with Gasteiger partial charge in [0, 0.05) is 6.54 Å². The molecule has 0 aromatic heterocycles. The van der Waals surface area contributed by atoms with E-state index in [1.165, 1.54) is 0 Å². The van der Waals surface area contributed by atoms with Gasteiger partial charge in [-0.3, -0.25) is 9.59 Å². The van der Waals surface area contributed by atoms with Crippen molar-refractivity contribution in [3.8, 4) is 5.75 Å². The van der Waals surface area contributed by atoms with Crippen LogP contribution in [-0.2, 0) is 4.79 Å². The number of amides is 2. The first-order chi connectivity index (χ1) is 13.0. The number of aryl methyl sites for hydroxylation is 1. The Morgan fingerprint density at radius 3 is 2.41 bits per heavy atom. The van der Waals surface area contributed by atoms with Crippen LogP contribution in [0.3, 0.4) is 0 Å². The molecule has 2 aromatic carbocycles. The standard InChI is InChI=1S/C22H28N2O3/c1-4-6-15-23-21(25)18-9-7-8-10-19(18)24-22(26)20(5-2)27-17-13-11-16(3)12-14-17/h7-14,20H,4-6,15H2,1-3H3,(H,23,25)(H,24,26)/t20-/m1/s1. The number of nitrogens with one attached hydrogen (secondary N) is 2. The third kappa shape index (κ3) is 6.13. The Bertz CT molecular complexity index is 756. The van der Waals surface area contributed by atoms with Crippen LogP contribution in [0.2, 0.25) is 0 Å². The molecule has 0 aliphatic rings. The van der Waals surface area contributed by atoms with Crippen molar-refractivity contribution in [1.82, 2.24) is 5.32 Å². The lowest BCUT2D eigenvalue weighted by molar-refractivity contribution is -0.122. The van der Waals surface area contributed by atoms with Crippen molar-refractivity contribution in [3.05, 3.63) is 59.7 Å². The monoisotopic (exact) mass is 368 g/mol. The van der Waals surface area contributed by atoms with Crippen LogP contribution in [0.15, 0.2) is 48.5 Å². The van der Waals surface area contributed by atoms with E-state index in [9.17, 15) is 9.59 Å². The summed E-state index contributed by atoms with van der Waals surface area (Å²) < 4.78 is 5.82. The van der Waals surface area contributed by atoms with Crippen LogP contribution in [0.25, 0.3) is 0 Å². The summed E-state index contributed by atoms with van der Waals surface area (Å²) in [6.07, 6.45) is 1.81. The normalized spacial score (nSPS) is 11.5. The highest BCUT2D eigenvalue weighted by Crippen LogP contribution is 2.18. The quantitative estimate of drug-likeness (QED) is 0.648. The maximum atomic E-state index is 12.7. The molecule has 2 N–H and O–H groups in total. The van der Waals surface area contributed by atoms with Crippen molar-refractivity contribution in [3.63, 3.8) is 0 Å². The van der Waals surface area contributed by atoms with Crippen molar-refractivity contribution in [2.75, 3.05) is 11.9 Å². The van der Waals surface area contributed by atoms with Crippen LogP contribution in [-0.4, -0.2) is 24.5 Å². The molecule has 1 atom stereocenters. The maximum absolute atomic E-state index is 12.7. The SMILES string of the molecule is CCCCNC(=O)c1ccccc1NC(=O)[C@@H](CC)Oc1ccc(C)cc1. The summed E-state index contributed by atoms with van der Waals surface area (Å²) in [5.74, 6) is 0.187. The first-order valence-electron chi connectivity index (χ1n) is 9.46. The second-order valence-electron chi connectivity index (χ2n) is 6.47. The van der Waals surface area contributed by atoms with Crippen LogP contribution >= 0.6 is 0 Å². The lowest BCUT2D eigenvalue weighted by atomic mass is 10.1. The van der Waals surface area contributed by atoms with Gasteiger partial charge in [-0.1, -0.05) is 50.1 Å². The summed E-state index contributed by atoms with van der Waals surface area (Å²) in [6, 6.07) is 14.6. The summed E-state index contributed by atoms with van der Waals surface area (Å²) in [4.78, 5) is 25.1. The highest BCUT2D eigenvalue weighted by molar-refractivity contribution is 6.04. The zero-order valence-corrected chi connectivity index (χ0v) is 16.2. The third-order valence-electron chi connectivity index (χ3n) is 4.21. The minimum absolute atomic E-state index is 0.188. The molecule has 2 rings (SSSR count). The van der Waals surface area contributed by atoms with Gasteiger partial charge in [0.05, 0.1) is 11.3 Å². The number of unbranched alkanes of at least 4 members (excludes halogenated alkanes) is 1. The smallest absolute Gasteiger partial charge is 0.265 e. The number of anilines is 1. The van der Waals surface area contributed by atoms with Gasteiger partial charge in [-0.2, -0.15) is 0 Å². The lowest BCUT2D eigenvalue weighted by Gasteiger charge is -2.18. The number of ether oxygens (including phenoxy) is 1. The largest absolute Gasteiger partial charge is 0.481 e. The summed E-state index contributed by atoms with van der Waals surface area (Å²) in [6.45, 7) is 6.57. The molecule has 0 radical (unpaired) electrons. The van der Waals surface area contributed by atoms with E-state index in [1.807, 2.05) is 38.1 Å². The molecule has 0 bridgehead atoms. The predicted molar refractivity (Wildman–Crippen MR) is 108 cm³/mol. The lowest BCUT2D eigenvalue weighted by Crippen LogP contribution is -2.33. The zero-order valence-electron chi connectivity index (χ0n) is 16.2. The number of hydrogen-bond donors (Lipinski definition) is 2. The Kier molecular flexibility index (Phi) is 7.86. The number of carbonyl (C=O) groups excluding carboxylic acids is 2. The number of rotatable bonds is 9. The van der Waals surface area contributed by atoms with Crippen LogP contribution in [0.1, 0.15) is 49.0 Å². The van der Waals surface area contributed by atoms with E-state index in [-0.39, 0.29) is 11.8 Å². The average Bonchev–Trinajstić information content (AvgIpc) is 2.68. The van der Waals surface area contributed by atoms with Gasteiger partial charge in [0.2, 0.25) is 0 Å². The number of para-hydroxylation sites is 1. The van der Waals surface area contributed by atoms with Crippen molar-refractivity contribution in [1.29, 1.82) is 0 Å². The van der Waals surface area contributed by atoms with E-state index in [4.69, 9.17) is 4.74 Å². The molecule has 2 aromatic rings. The van der Waals surface area contributed by atoms with E-state index in [0.29, 0.717) is 30.0 Å². The van der Waals surface area contributed by atoms with Gasteiger partial charge in [-0.25, -0.2) is 0 Å². The molecule has 0 saturated carbocycles. The average molecular weight is 368 g/mol. The van der Waals surface area contributed by atoms with Crippen LogP contribution in [0.5, 0.6) is 5.75 Å². The van der Waals surface area contributed by atoms with Gasteiger partial charge in [0.15, 0.2) is 6.10 Å². The second kappa shape index (κ2) is 10.4. The molecule has 0 heterocycles. The maximum Gasteiger partial charge on any atom is 0.265 e. The predicted octanol–water partition coefficient (Wildman–Crippen LogP) is 4.32. The fraction of sp³-hybridized carbons (Fsp3) is 0.364.